The van der Waals surface area contributed by atoms with Crippen molar-refractivity contribution in [3.8, 4) is 0 Å². The maximum Gasteiger partial charge on any atom is 0.273 e. The largest absolute Gasteiger partial charge is 0.349 e. The van der Waals surface area contributed by atoms with Crippen LogP contribution < -0.4 is 10.0 Å². The molecule has 2 N–H and O–H groups in total. The van der Waals surface area contributed by atoms with Crippen molar-refractivity contribution >= 4 is 27.3 Å². The number of nitro groups is 1. The van der Waals surface area contributed by atoms with Crippen molar-refractivity contribution < 1.29 is 18.1 Å². The summed E-state index contributed by atoms with van der Waals surface area (Å²) in [7, 11) is -4.03. The van der Waals surface area contributed by atoms with Crippen LogP contribution in [0.2, 0.25) is 0 Å². The van der Waals surface area contributed by atoms with Gasteiger partial charge in [0, 0.05) is 28.9 Å². The minimum absolute atomic E-state index is 0.191. The lowest BCUT2D eigenvalue weighted by Gasteiger charge is -2.10. The Morgan fingerprint density at radius 2 is 1.92 bits per heavy atom. The molecule has 0 spiro atoms. The van der Waals surface area contributed by atoms with Gasteiger partial charge in [0.05, 0.1) is 9.82 Å². The monoisotopic (exact) mass is 375 g/mol. The molecule has 2 aromatic rings. The molecule has 0 unspecified atom stereocenters. The SMILES string of the molecule is Cc1ccc(S(=O)(=O)Nc2cccc(C(=O)NC3CC3)c2)cc1[N+](=O)[O-]. The Bertz CT molecular complexity index is 984. The van der Waals surface area contributed by atoms with Crippen molar-refractivity contribution in [3.05, 3.63) is 63.7 Å². The van der Waals surface area contributed by atoms with Gasteiger partial charge in [0.25, 0.3) is 21.6 Å². The molecule has 0 atom stereocenters. The van der Waals surface area contributed by atoms with Crippen molar-refractivity contribution in [2.24, 2.45) is 0 Å². The van der Waals surface area contributed by atoms with Crippen LogP contribution in [0.5, 0.6) is 0 Å². The second-order valence-electron chi connectivity index (χ2n) is 6.14. The molecular formula is C17H17N3O5S. The summed E-state index contributed by atoms with van der Waals surface area (Å²) in [6.07, 6.45) is 1.90. The number of nitro benzene ring substituents is 1. The van der Waals surface area contributed by atoms with Crippen LogP contribution in [0.15, 0.2) is 47.4 Å². The molecule has 1 amide bonds. The minimum Gasteiger partial charge on any atom is -0.349 e. The van der Waals surface area contributed by atoms with Crippen molar-refractivity contribution in [2.45, 2.75) is 30.7 Å². The third-order valence-electron chi connectivity index (χ3n) is 3.98. The van der Waals surface area contributed by atoms with Crippen molar-refractivity contribution in [1.29, 1.82) is 0 Å². The first-order valence-electron chi connectivity index (χ1n) is 7.95. The van der Waals surface area contributed by atoms with Crippen molar-refractivity contribution in [2.75, 3.05) is 4.72 Å². The molecule has 0 bridgehead atoms. The van der Waals surface area contributed by atoms with Crippen LogP contribution in [0.4, 0.5) is 11.4 Å². The van der Waals surface area contributed by atoms with Gasteiger partial charge in [-0.25, -0.2) is 8.42 Å². The molecule has 0 aromatic heterocycles. The van der Waals surface area contributed by atoms with E-state index in [0.29, 0.717) is 11.1 Å². The van der Waals surface area contributed by atoms with E-state index in [4.69, 9.17) is 0 Å². The Morgan fingerprint density at radius 3 is 2.58 bits per heavy atom. The van der Waals surface area contributed by atoms with E-state index in [9.17, 15) is 23.3 Å². The van der Waals surface area contributed by atoms with E-state index >= 15 is 0 Å². The Kier molecular flexibility index (Phi) is 4.64. The molecule has 0 aliphatic heterocycles. The summed E-state index contributed by atoms with van der Waals surface area (Å²) < 4.78 is 27.4. The number of rotatable bonds is 6. The van der Waals surface area contributed by atoms with Gasteiger partial charge in [-0.2, -0.15) is 0 Å². The van der Waals surface area contributed by atoms with Crippen LogP contribution in [0.25, 0.3) is 0 Å². The third kappa shape index (κ3) is 3.99. The molecule has 8 nitrogen and oxygen atoms in total. The van der Waals surface area contributed by atoms with Gasteiger partial charge in [-0.15, -0.1) is 0 Å². The number of aryl methyl sites for hydroxylation is 1. The fourth-order valence-corrected chi connectivity index (χ4v) is 3.46. The lowest BCUT2D eigenvalue weighted by molar-refractivity contribution is -0.385. The van der Waals surface area contributed by atoms with Gasteiger partial charge in [-0.3, -0.25) is 19.6 Å². The second kappa shape index (κ2) is 6.75. The van der Waals surface area contributed by atoms with Crippen LogP contribution in [0, 0.1) is 17.0 Å². The maximum atomic E-state index is 12.5. The number of hydrogen-bond acceptors (Lipinski definition) is 5. The normalized spacial score (nSPS) is 13.9. The van der Waals surface area contributed by atoms with Crippen LogP contribution >= 0.6 is 0 Å². The first-order valence-corrected chi connectivity index (χ1v) is 9.43. The molecule has 26 heavy (non-hydrogen) atoms. The van der Waals surface area contributed by atoms with Crippen LogP contribution in [0.1, 0.15) is 28.8 Å². The van der Waals surface area contributed by atoms with Gasteiger partial charge in [-0.05, 0) is 44.0 Å². The Morgan fingerprint density at radius 1 is 1.19 bits per heavy atom. The number of hydrogen-bond donors (Lipinski definition) is 2. The quantitative estimate of drug-likeness (QED) is 0.594. The Balaban J connectivity index is 1.84. The zero-order valence-corrected chi connectivity index (χ0v) is 14.7. The maximum absolute atomic E-state index is 12.5. The smallest absolute Gasteiger partial charge is 0.273 e. The lowest BCUT2D eigenvalue weighted by atomic mass is 10.2. The molecule has 1 fully saturated rings. The Labute approximate surface area is 150 Å². The number of anilines is 1. The predicted molar refractivity (Wildman–Crippen MR) is 95.6 cm³/mol. The fraction of sp³-hybridized carbons (Fsp3) is 0.235. The van der Waals surface area contributed by atoms with Gasteiger partial charge in [0.1, 0.15) is 0 Å². The van der Waals surface area contributed by atoms with Gasteiger partial charge < -0.3 is 5.32 Å². The van der Waals surface area contributed by atoms with Gasteiger partial charge >= 0.3 is 0 Å². The van der Waals surface area contributed by atoms with Crippen molar-refractivity contribution in [1.82, 2.24) is 5.32 Å². The number of carbonyl (C=O) groups is 1. The molecule has 1 saturated carbocycles. The first kappa shape index (κ1) is 17.9. The summed E-state index contributed by atoms with van der Waals surface area (Å²) in [5, 5.41) is 13.8. The minimum atomic E-state index is -4.03. The van der Waals surface area contributed by atoms with Gasteiger partial charge in [-0.1, -0.05) is 12.1 Å². The molecule has 136 valence electrons. The Hall–Kier alpha value is -2.94. The van der Waals surface area contributed by atoms with E-state index in [0.717, 1.165) is 18.9 Å². The number of amides is 1. The fourth-order valence-electron chi connectivity index (χ4n) is 2.39. The molecular weight excluding hydrogens is 358 g/mol. The molecule has 9 heteroatoms. The number of benzene rings is 2. The first-order chi connectivity index (χ1) is 12.3. The summed E-state index contributed by atoms with van der Waals surface area (Å²) in [6, 6.07) is 9.98. The number of nitrogens with one attached hydrogen (secondary N) is 2. The lowest BCUT2D eigenvalue weighted by Crippen LogP contribution is -2.25. The summed E-state index contributed by atoms with van der Waals surface area (Å²) in [6.45, 7) is 1.53. The molecule has 1 aliphatic rings. The highest BCUT2D eigenvalue weighted by Gasteiger charge is 2.24. The van der Waals surface area contributed by atoms with Gasteiger partial charge in [0.15, 0.2) is 0 Å². The molecule has 0 saturated heterocycles. The third-order valence-corrected chi connectivity index (χ3v) is 5.36. The number of nitrogens with zero attached hydrogens (tertiary/aromatic N) is 1. The van der Waals surface area contributed by atoms with Crippen LogP contribution in [0.3, 0.4) is 0 Å². The predicted octanol–water partition coefficient (Wildman–Crippen LogP) is 2.60. The van der Waals surface area contributed by atoms with Crippen LogP contribution in [-0.2, 0) is 10.0 Å². The van der Waals surface area contributed by atoms with E-state index in [1.54, 1.807) is 12.1 Å². The van der Waals surface area contributed by atoms with E-state index in [2.05, 4.69) is 10.0 Å². The van der Waals surface area contributed by atoms with E-state index in [-0.39, 0.29) is 28.2 Å². The molecule has 3 rings (SSSR count). The van der Waals surface area contributed by atoms with Crippen molar-refractivity contribution in [3.63, 3.8) is 0 Å². The molecule has 0 radical (unpaired) electrons. The standard InChI is InChI=1S/C17H17N3O5S/c1-11-5-8-15(10-16(11)20(22)23)26(24,25)19-14-4-2-3-12(9-14)17(21)18-13-6-7-13/h2-5,8-10,13,19H,6-7H2,1H3,(H,18,21). The van der Waals surface area contributed by atoms with E-state index in [1.807, 2.05) is 0 Å². The summed E-state index contributed by atoms with van der Waals surface area (Å²) >= 11 is 0. The summed E-state index contributed by atoms with van der Waals surface area (Å²) in [5.41, 5.74) is 0.641. The zero-order valence-electron chi connectivity index (χ0n) is 13.9. The van der Waals surface area contributed by atoms with E-state index in [1.165, 1.54) is 31.2 Å². The second-order valence-corrected chi connectivity index (χ2v) is 7.82. The highest BCUT2D eigenvalue weighted by molar-refractivity contribution is 7.92. The van der Waals surface area contributed by atoms with Crippen LogP contribution in [-0.4, -0.2) is 25.3 Å². The molecule has 1 aliphatic carbocycles. The number of sulfonamides is 1. The topological polar surface area (TPSA) is 118 Å². The summed E-state index contributed by atoms with van der Waals surface area (Å²) in [5.74, 6) is -0.264. The number of carbonyl (C=O) groups excluding carboxylic acids is 1. The average Bonchev–Trinajstić information content (AvgIpc) is 3.38. The van der Waals surface area contributed by atoms with E-state index < -0.39 is 14.9 Å². The molecule has 2 aromatic carbocycles. The highest BCUT2D eigenvalue weighted by Crippen LogP contribution is 2.24. The molecule has 0 heterocycles. The zero-order chi connectivity index (χ0) is 18.9. The average molecular weight is 375 g/mol. The summed E-state index contributed by atoms with van der Waals surface area (Å²) in [4.78, 5) is 22.2. The highest BCUT2D eigenvalue weighted by atomic mass is 32.2. The van der Waals surface area contributed by atoms with Gasteiger partial charge in [0.2, 0.25) is 0 Å².